The first-order chi connectivity index (χ1) is 7.75. The van der Waals surface area contributed by atoms with Crippen molar-refractivity contribution in [3.8, 4) is 5.75 Å². The molecule has 2 rings (SSSR count). The molecule has 2 nitrogen and oxygen atoms in total. The van der Waals surface area contributed by atoms with Gasteiger partial charge in [0.05, 0.1) is 6.10 Å². The van der Waals surface area contributed by atoms with Gasteiger partial charge in [-0.3, -0.25) is 0 Å². The van der Waals surface area contributed by atoms with E-state index in [1.807, 2.05) is 24.3 Å². The second-order valence-corrected chi connectivity index (χ2v) is 4.26. The van der Waals surface area contributed by atoms with Gasteiger partial charge in [0.2, 0.25) is 0 Å². The molecule has 16 heavy (non-hydrogen) atoms. The summed E-state index contributed by atoms with van der Waals surface area (Å²) in [5.41, 5.74) is 0.923. The molecule has 0 aromatic heterocycles. The van der Waals surface area contributed by atoms with Gasteiger partial charge in [0.1, 0.15) is 11.9 Å². The highest BCUT2D eigenvalue weighted by molar-refractivity contribution is 5.28. The van der Waals surface area contributed by atoms with Crippen molar-refractivity contribution in [1.29, 1.82) is 0 Å². The molecular weight excluding hydrogens is 200 g/mol. The third-order valence-electron chi connectivity index (χ3n) is 2.86. The smallest absolute Gasteiger partial charge is 0.120 e. The lowest BCUT2D eigenvalue weighted by atomic mass is 10.1. The molecule has 0 saturated carbocycles. The maximum atomic E-state index is 9.38. The van der Waals surface area contributed by atoms with Crippen LogP contribution in [0.1, 0.15) is 37.9 Å². The van der Waals surface area contributed by atoms with Gasteiger partial charge in [-0.25, -0.2) is 0 Å². The third-order valence-corrected chi connectivity index (χ3v) is 2.86. The largest absolute Gasteiger partial charge is 0.486 e. The molecule has 0 saturated heterocycles. The summed E-state index contributed by atoms with van der Waals surface area (Å²) in [6.07, 6.45) is 7.57. The Bertz CT molecular complexity index is 352. The van der Waals surface area contributed by atoms with Crippen molar-refractivity contribution in [2.24, 2.45) is 0 Å². The summed E-state index contributed by atoms with van der Waals surface area (Å²) in [6, 6.07) is 7.66. The highest BCUT2D eigenvalue weighted by atomic mass is 16.5. The van der Waals surface area contributed by atoms with E-state index in [2.05, 4.69) is 12.2 Å². The van der Waals surface area contributed by atoms with Gasteiger partial charge in [0, 0.05) is 0 Å². The second kappa shape index (κ2) is 5.17. The standard InChI is InChI=1S/C14H18O2/c1-11(15)12-7-9-14(10-8-12)16-13-5-3-2-4-6-13/h3,5,7-11,13,15H,2,4,6H2,1H3/t11-,13?/m1/s1. The number of ether oxygens (including phenoxy) is 1. The summed E-state index contributed by atoms with van der Waals surface area (Å²) in [6.45, 7) is 1.76. The van der Waals surface area contributed by atoms with Crippen LogP contribution in [0.2, 0.25) is 0 Å². The van der Waals surface area contributed by atoms with E-state index in [1.54, 1.807) is 6.92 Å². The van der Waals surface area contributed by atoms with Crippen LogP contribution in [0.4, 0.5) is 0 Å². The van der Waals surface area contributed by atoms with Gasteiger partial charge in [0.25, 0.3) is 0 Å². The van der Waals surface area contributed by atoms with Crippen molar-refractivity contribution in [2.45, 2.75) is 38.4 Å². The zero-order valence-corrected chi connectivity index (χ0v) is 9.60. The van der Waals surface area contributed by atoms with Crippen molar-refractivity contribution in [1.82, 2.24) is 0 Å². The normalized spacial score (nSPS) is 21.8. The van der Waals surface area contributed by atoms with Crippen LogP contribution < -0.4 is 4.74 Å². The number of rotatable bonds is 3. The number of allylic oxidation sites excluding steroid dienone is 1. The molecule has 0 heterocycles. The van der Waals surface area contributed by atoms with Gasteiger partial charge in [-0.1, -0.05) is 18.2 Å². The average Bonchev–Trinajstić information content (AvgIpc) is 2.31. The predicted molar refractivity (Wildman–Crippen MR) is 64.5 cm³/mol. The van der Waals surface area contributed by atoms with Gasteiger partial charge in [-0.05, 0) is 50.0 Å². The first kappa shape index (κ1) is 11.2. The van der Waals surface area contributed by atoms with E-state index in [4.69, 9.17) is 4.74 Å². The number of hydrogen-bond donors (Lipinski definition) is 1. The highest BCUT2D eigenvalue weighted by Crippen LogP contribution is 2.21. The van der Waals surface area contributed by atoms with Gasteiger partial charge < -0.3 is 9.84 Å². The molecule has 0 radical (unpaired) electrons. The summed E-state index contributed by atoms with van der Waals surface area (Å²) in [7, 11) is 0. The van der Waals surface area contributed by atoms with Gasteiger partial charge in [-0.15, -0.1) is 0 Å². The minimum atomic E-state index is -0.413. The molecule has 1 aromatic carbocycles. The Morgan fingerprint density at radius 3 is 2.62 bits per heavy atom. The van der Waals surface area contributed by atoms with Crippen molar-refractivity contribution in [3.63, 3.8) is 0 Å². The van der Waals surface area contributed by atoms with Gasteiger partial charge in [0.15, 0.2) is 0 Å². The fraction of sp³-hybridized carbons (Fsp3) is 0.429. The molecule has 2 atom stereocenters. The maximum absolute atomic E-state index is 9.38. The van der Waals surface area contributed by atoms with Gasteiger partial charge in [-0.2, -0.15) is 0 Å². The molecule has 0 bridgehead atoms. The molecule has 0 fully saturated rings. The maximum Gasteiger partial charge on any atom is 0.120 e. The molecule has 0 amide bonds. The van der Waals surface area contributed by atoms with Crippen molar-refractivity contribution in [3.05, 3.63) is 42.0 Å². The quantitative estimate of drug-likeness (QED) is 0.789. The Labute approximate surface area is 96.6 Å². The summed E-state index contributed by atoms with van der Waals surface area (Å²) >= 11 is 0. The Hall–Kier alpha value is -1.28. The van der Waals surface area contributed by atoms with E-state index in [9.17, 15) is 5.11 Å². The molecular formula is C14H18O2. The lowest BCUT2D eigenvalue weighted by Gasteiger charge is -2.18. The predicted octanol–water partition coefficient (Wildman–Crippen LogP) is 3.23. The summed E-state index contributed by atoms with van der Waals surface area (Å²) in [5, 5.41) is 9.38. The number of aliphatic hydroxyl groups excluding tert-OH is 1. The van der Waals surface area contributed by atoms with Crippen LogP contribution in [0.3, 0.4) is 0 Å². The first-order valence-corrected chi connectivity index (χ1v) is 5.87. The van der Waals surface area contributed by atoms with Crippen molar-refractivity contribution >= 4 is 0 Å². The van der Waals surface area contributed by atoms with Crippen LogP contribution in [-0.2, 0) is 0 Å². The molecule has 1 aliphatic carbocycles. The molecule has 86 valence electrons. The van der Waals surface area contributed by atoms with E-state index in [0.717, 1.165) is 17.7 Å². The Morgan fingerprint density at radius 1 is 1.31 bits per heavy atom. The van der Waals surface area contributed by atoms with Gasteiger partial charge >= 0.3 is 0 Å². The van der Waals surface area contributed by atoms with Crippen molar-refractivity contribution in [2.75, 3.05) is 0 Å². The lowest BCUT2D eigenvalue weighted by molar-refractivity contribution is 0.198. The zero-order valence-electron chi connectivity index (χ0n) is 9.60. The fourth-order valence-corrected chi connectivity index (χ4v) is 1.88. The second-order valence-electron chi connectivity index (χ2n) is 4.26. The van der Waals surface area contributed by atoms with E-state index < -0.39 is 6.10 Å². The van der Waals surface area contributed by atoms with Crippen LogP contribution in [0.5, 0.6) is 5.75 Å². The van der Waals surface area contributed by atoms with Crippen LogP contribution in [0, 0.1) is 0 Å². The van der Waals surface area contributed by atoms with E-state index in [-0.39, 0.29) is 6.10 Å². The number of benzene rings is 1. The molecule has 1 N–H and O–H groups in total. The molecule has 0 spiro atoms. The third kappa shape index (κ3) is 2.86. The van der Waals surface area contributed by atoms with E-state index >= 15 is 0 Å². The number of hydrogen-bond acceptors (Lipinski definition) is 2. The molecule has 0 aliphatic heterocycles. The highest BCUT2D eigenvalue weighted by Gasteiger charge is 2.09. The Morgan fingerprint density at radius 2 is 2.06 bits per heavy atom. The summed E-state index contributed by atoms with van der Waals surface area (Å²) in [5.74, 6) is 0.876. The van der Waals surface area contributed by atoms with E-state index in [1.165, 1.54) is 12.8 Å². The molecule has 2 heteroatoms. The van der Waals surface area contributed by atoms with Crippen LogP contribution in [0.25, 0.3) is 0 Å². The Balaban J connectivity index is 1.99. The van der Waals surface area contributed by atoms with Crippen LogP contribution >= 0.6 is 0 Å². The molecule has 1 unspecified atom stereocenters. The summed E-state index contributed by atoms with van der Waals surface area (Å²) < 4.78 is 5.82. The minimum Gasteiger partial charge on any atom is -0.486 e. The van der Waals surface area contributed by atoms with Crippen molar-refractivity contribution < 1.29 is 9.84 Å². The average molecular weight is 218 g/mol. The topological polar surface area (TPSA) is 29.5 Å². The molecule has 1 aliphatic rings. The SMILES string of the molecule is C[C@@H](O)c1ccc(OC2C=CCCC2)cc1. The molecule has 1 aromatic rings. The summed E-state index contributed by atoms with van der Waals surface area (Å²) in [4.78, 5) is 0. The van der Waals surface area contributed by atoms with Crippen LogP contribution in [-0.4, -0.2) is 11.2 Å². The minimum absolute atomic E-state index is 0.214. The van der Waals surface area contributed by atoms with Crippen LogP contribution in [0.15, 0.2) is 36.4 Å². The monoisotopic (exact) mass is 218 g/mol. The Kier molecular flexibility index (Phi) is 3.62. The first-order valence-electron chi connectivity index (χ1n) is 5.87. The van der Waals surface area contributed by atoms with E-state index in [0.29, 0.717) is 0 Å². The zero-order chi connectivity index (χ0) is 11.4. The fourth-order valence-electron chi connectivity index (χ4n) is 1.88. The number of aliphatic hydroxyl groups is 1. The lowest BCUT2D eigenvalue weighted by Crippen LogP contribution is -2.15.